The molecule has 0 aromatic rings. The molecular weight excluding hydrogens is 852 g/mol. The van der Waals surface area contributed by atoms with E-state index in [9.17, 15) is 61.3 Å². The van der Waals surface area contributed by atoms with Crippen LogP contribution < -0.4 is 0 Å². The number of allylic oxidation sites excluding steroid dienone is 2. The monoisotopic (exact) mass is 933 g/mol. The molecule has 18 nitrogen and oxygen atoms in total. The summed E-state index contributed by atoms with van der Waals surface area (Å²) in [6.07, 6.45) is -16.4. The quantitative estimate of drug-likeness (QED) is 0.0874. The number of rotatable bonds is 12. The number of ether oxygens (including phenoxy) is 6. The Hall–Kier alpha value is -0.980. The second-order valence-electron chi connectivity index (χ2n) is 22.7. The van der Waals surface area contributed by atoms with E-state index in [0.29, 0.717) is 32.1 Å². The van der Waals surface area contributed by atoms with Gasteiger partial charge < -0.3 is 89.7 Å². The lowest BCUT2D eigenvalue weighted by molar-refractivity contribution is -0.348. The van der Waals surface area contributed by atoms with Gasteiger partial charge in [0.15, 0.2) is 18.9 Å². The number of aliphatic hydroxyl groups excluding tert-OH is 12. The third-order valence-corrected chi connectivity index (χ3v) is 18.3. The molecule has 0 aromatic carbocycles. The lowest BCUT2D eigenvalue weighted by Crippen LogP contribution is -2.69. The Kier molecular flexibility index (Phi) is 15.1. The molecule has 7 fully saturated rings. The van der Waals surface area contributed by atoms with Gasteiger partial charge >= 0.3 is 0 Å². The van der Waals surface area contributed by atoms with E-state index in [1.165, 1.54) is 0 Å². The maximum atomic E-state index is 12.7. The first-order valence-electron chi connectivity index (χ1n) is 23.9. The SMILES string of the molecule is CC(C)=CCCC(C)(OC1OC(COC2OCC(O)C(O)C2O)C(O)C(O)C1O)C1CCC2(C)C1C(O)CC1C3(C)CC(O)C(OC4OC(CO)C(O)C(O)C4O)C(C)(C)C3CCC12C. The van der Waals surface area contributed by atoms with Crippen LogP contribution >= 0.6 is 0 Å². The summed E-state index contributed by atoms with van der Waals surface area (Å²) in [5.74, 6) is -0.525. The summed E-state index contributed by atoms with van der Waals surface area (Å²) in [7, 11) is 0. The molecule has 65 heavy (non-hydrogen) atoms. The molecule has 0 aromatic heterocycles. The zero-order chi connectivity index (χ0) is 47.9. The van der Waals surface area contributed by atoms with Gasteiger partial charge in [-0.3, -0.25) is 0 Å². The van der Waals surface area contributed by atoms with Crippen molar-refractivity contribution in [3.05, 3.63) is 11.6 Å². The van der Waals surface area contributed by atoms with E-state index >= 15 is 0 Å². The minimum absolute atomic E-state index is 0.00169. The van der Waals surface area contributed by atoms with Gasteiger partial charge in [-0.1, -0.05) is 46.3 Å². The Bertz CT molecular complexity index is 1660. The van der Waals surface area contributed by atoms with Crippen LogP contribution in [0.25, 0.3) is 0 Å². The maximum absolute atomic E-state index is 12.7. The summed E-state index contributed by atoms with van der Waals surface area (Å²) in [6.45, 7) is 15.6. The van der Waals surface area contributed by atoms with Gasteiger partial charge in [-0.15, -0.1) is 0 Å². The Morgan fingerprint density at radius 1 is 0.677 bits per heavy atom. The van der Waals surface area contributed by atoms with Crippen molar-refractivity contribution in [3.63, 3.8) is 0 Å². The predicted octanol–water partition coefficient (Wildman–Crippen LogP) is -0.417. The largest absolute Gasteiger partial charge is 0.394 e. The second-order valence-corrected chi connectivity index (χ2v) is 22.7. The van der Waals surface area contributed by atoms with Crippen LogP contribution in [0, 0.1) is 45.3 Å². The fraction of sp³-hybridized carbons (Fsp3) is 0.957. The normalized spacial score (nSPS) is 53.0. The van der Waals surface area contributed by atoms with E-state index in [1.807, 2.05) is 34.6 Å². The van der Waals surface area contributed by atoms with Gasteiger partial charge in [0, 0.05) is 0 Å². The second kappa shape index (κ2) is 19.0. The summed E-state index contributed by atoms with van der Waals surface area (Å²) in [6, 6.07) is 0. The van der Waals surface area contributed by atoms with Crippen LogP contribution in [0.3, 0.4) is 0 Å². The zero-order valence-electron chi connectivity index (χ0n) is 39.3. The molecule has 3 heterocycles. The third-order valence-electron chi connectivity index (χ3n) is 18.3. The summed E-state index contributed by atoms with van der Waals surface area (Å²) < 4.78 is 36.2. The van der Waals surface area contributed by atoms with Crippen molar-refractivity contribution >= 4 is 0 Å². The molecule has 12 N–H and O–H groups in total. The highest BCUT2D eigenvalue weighted by molar-refractivity contribution is 5.21. The summed E-state index contributed by atoms with van der Waals surface area (Å²) in [4.78, 5) is 0. The summed E-state index contributed by atoms with van der Waals surface area (Å²) >= 11 is 0. The van der Waals surface area contributed by atoms with Crippen molar-refractivity contribution in [2.75, 3.05) is 19.8 Å². The molecule has 0 spiro atoms. The van der Waals surface area contributed by atoms with Crippen LogP contribution in [0.5, 0.6) is 0 Å². The third kappa shape index (κ3) is 8.83. The fourth-order valence-corrected chi connectivity index (χ4v) is 14.7. The van der Waals surface area contributed by atoms with E-state index in [0.717, 1.165) is 24.8 Å². The van der Waals surface area contributed by atoms with Crippen LogP contribution in [-0.2, 0) is 28.4 Å². The van der Waals surface area contributed by atoms with Gasteiger partial charge in [0.1, 0.15) is 67.1 Å². The van der Waals surface area contributed by atoms with Crippen molar-refractivity contribution in [2.45, 2.75) is 217 Å². The number of hydrogen-bond donors (Lipinski definition) is 12. The molecule has 376 valence electrons. The van der Waals surface area contributed by atoms with Crippen LogP contribution in [0.4, 0.5) is 0 Å². The Morgan fingerprint density at radius 2 is 1.28 bits per heavy atom. The maximum Gasteiger partial charge on any atom is 0.187 e. The average molecular weight is 933 g/mol. The van der Waals surface area contributed by atoms with Crippen LogP contribution in [-0.4, -0.2) is 191 Å². The lowest BCUT2D eigenvalue weighted by Gasteiger charge is -2.71. The van der Waals surface area contributed by atoms with Crippen LogP contribution in [0.15, 0.2) is 11.6 Å². The van der Waals surface area contributed by atoms with Gasteiger partial charge in [0.2, 0.25) is 0 Å². The van der Waals surface area contributed by atoms with E-state index in [2.05, 4.69) is 26.8 Å². The first-order chi connectivity index (χ1) is 30.3. The van der Waals surface area contributed by atoms with Gasteiger partial charge in [-0.25, -0.2) is 0 Å². The molecule has 3 saturated heterocycles. The Labute approximate surface area is 382 Å². The fourth-order valence-electron chi connectivity index (χ4n) is 14.7. The van der Waals surface area contributed by atoms with E-state index in [1.54, 1.807) is 0 Å². The van der Waals surface area contributed by atoms with Crippen LogP contribution in [0.2, 0.25) is 0 Å². The summed E-state index contributed by atoms with van der Waals surface area (Å²) in [5, 5.41) is 130. The highest BCUT2D eigenvalue weighted by atomic mass is 16.7. The standard InChI is InChI=1S/C47H80O18/c1-21(2)10-9-13-47(8,65-42-38(59)35(56)33(54)27(63-42)20-61-40-36(57)31(52)25(51)19-60-40)22-11-14-46(7)30(22)23(49)16-29-44(5)17-24(50)39(43(3,4)28(44)12-15-45(29,46)6)64-41-37(58)34(55)32(53)26(18-48)62-41/h10,22-42,48-59H,9,11-20H2,1-8H3. The van der Waals surface area contributed by atoms with E-state index < -0.39 is 139 Å². The first kappa shape index (κ1) is 51.9. The smallest absolute Gasteiger partial charge is 0.187 e. The molecule has 4 aliphatic carbocycles. The van der Waals surface area contributed by atoms with Gasteiger partial charge in [-0.05, 0) is 117 Å². The Balaban J connectivity index is 1.12. The molecule has 0 bridgehead atoms. The molecule has 7 aliphatic rings. The minimum Gasteiger partial charge on any atom is -0.394 e. The highest BCUT2D eigenvalue weighted by Gasteiger charge is 2.73. The van der Waals surface area contributed by atoms with Crippen molar-refractivity contribution in [2.24, 2.45) is 45.3 Å². The molecule has 0 radical (unpaired) electrons. The molecule has 3 aliphatic heterocycles. The molecule has 25 atom stereocenters. The molecule has 18 heteroatoms. The van der Waals surface area contributed by atoms with Crippen LogP contribution in [0.1, 0.15) is 107 Å². The lowest BCUT2D eigenvalue weighted by atomic mass is 9.35. The topological polar surface area (TPSA) is 298 Å². The highest BCUT2D eigenvalue weighted by Crippen LogP contribution is 2.76. The van der Waals surface area contributed by atoms with E-state index in [-0.39, 0.29) is 35.7 Å². The number of aliphatic hydroxyl groups is 12. The van der Waals surface area contributed by atoms with Gasteiger partial charge in [0.05, 0.1) is 43.7 Å². The predicted molar refractivity (Wildman–Crippen MR) is 229 cm³/mol. The van der Waals surface area contributed by atoms with Gasteiger partial charge in [0.25, 0.3) is 0 Å². The Morgan fingerprint density at radius 3 is 1.92 bits per heavy atom. The molecule has 0 amide bonds. The number of fused-ring (bicyclic) bond motifs is 5. The van der Waals surface area contributed by atoms with Crippen molar-refractivity contribution < 1.29 is 89.7 Å². The average Bonchev–Trinajstić information content (AvgIpc) is 3.62. The van der Waals surface area contributed by atoms with E-state index in [4.69, 9.17) is 28.4 Å². The van der Waals surface area contributed by atoms with Crippen molar-refractivity contribution in [3.8, 4) is 0 Å². The molecular formula is C47H80O18. The molecule has 4 saturated carbocycles. The zero-order valence-corrected chi connectivity index (χ0v) is 39.3. The molecule has 25 unspecified atom stereocenters. The van der Waals surface area contributed by atoms with Crippen molar-refractivity contribution in [1.82, 2.24) is 0 Å². The first-order valence-corrected chi connectivity index (χ1v) is 23.9. The van der Waals surface area contributed by atoms with Gasteiger partial charge in [-0.2, -0.15) is 0 Å². The van der Waals surface area contributed by atoms with Crippen molar-refractivity contribution in [1.29, 1.82) is 0 Å². The minimum atomic E-state index is -1.70. The molecule has 7 rings (SSSR count). The number of hydrogen-bond acceptors (Lipinski definition) is 18. The summed E-state index contributed by atoms with van der Waals surface area (Å²) in [5.41, 5.74) is -1.79.